The SMILES string of the molecule is CCCCOC(=O)N1CCC(CO)C1. The van der Waals surface area contributed by atoms with Gasteiger partial charge in [0.2, 0.25) is 0 Å². The molecule has 0 spiro atoms. The summed E-state index contributed by atoms with van der Waals surface area (Å²) in [6, 6.07) is 0. The largest absolute Gasteiger partial charge is 0.449 e. The van der Waals surface area contributed by atoms with Crippen LogP contribution < -0.4 is 0 Å². The summed E-state index contributed by atoms with van der Waals surface area (Å²) in [5.41, 5.74) is 0. The molecule has 1 N–H and O–H groups in total. The Morgan fingerprint density at radius 3 is 3.00 bits per heavy atom. The Labute approximate surface area is 84.8 Å². The number of likely N-dealkylation sites (tertiary alicyclic amines) is 1. The van der Waals surface area contributed by atoms with Gasteiger partial charge in [-0.1, -0.05) is 13.3 Å². The number of nitrogens with zero attached hydrogens (tertiary/aromatic N) is 1. The van der Waals surface area contributed by atoms with Gasteiger partial charge in [0.05, 0.1) is 6.61 Å². The maximum Gasteiger partial charge on any atom is 0.409 e. The number of carbonyl (C=O) groups excluding carboxylic acids is 1. The highest BCUT2D eigenvalue weighted by molar-refractivity contribution is 5.67. The lowest BCUT2D eigenvalue weighted by Crippen LogP contribution is -2.30. The van der Waals surface area contributed by atoms with Gasteiger partial charge in [-0.3, -0.25) is 0 Å². The van der Waals surface area contributed by atoms with Gasteiger partial charge in [-0.15, -0.1) is 0 Å². The number of amides is 1. The minimum absolute atomic E-state index is 0.165. The number of aliphatic hydroxyl groups excluding tert-OH is 1. The van der Waals surface area contributed by atoms with Crippen molar-refractivity contribution in [1.29, 1.82) is 0 Å². The topological polar surface area (TPSA) is 49.8 Å². The summed E-state index contributed by atoms with van der Waals surface area (Å²) in [5.74, 6) is 0.244. The van der Waals surface area contributed by atoms with Gasteiger partial charge < -0.3 is 14.7 Å². The van der Waals surface area contributed by atoms with Crippen molar-refractivity contribution < 1.29 is 14.6 Å². The summed E-state index contributed by atoms with van der Waals surface area (Å²) in [4.78, 5) is 13.1. The normalized spacial score (nSPS) is 21.3. The second-order valence-corrected chi connectivity index (χ2v) is 3.75. The average Bonchev–Trinajstić information content (AvgIpc) is 2.66. The fraction of sp³-hybridized carbons (Fsp3) is 0.900. The Morgan fingerprint density at radius 1 is 1.64 bits per heavy atom. The molecule has 1 aliphatic rings. The highest BCUT2D eigenvalue weighted by Crippen LogP contribution is 2.16. The first-order chi connectivity index (χ1) is 6.77. The van der Waals surface area contributed by atoms with E-state index in [2.05, 4.69) is 6.92 Å². The maximum absolute atomic E-state index is 11.4. The third kappa shape index (κ3) is 3.18. The summed E-state index contributed by atoms with van der Waals surface area (Å²) in [5, 5.41) is 8.90. The molecular weight excluding hydrogens is 182 g/mol. The minimum Gasteiger partial charge on any atom is -0.449 e. The van der Waals surface area contributed by atoms with Crippen molar-refractivity contribution in [2.75, 3.05) is 26.3 Å². The number of carbonyl (C=O) groups is 1. The van der Waals surface area contributed by atoms with Crippen LogP contribution in [0.4, 0.5) is 4.79 Å². The third-order valence-electron chi connectivity index (χ3n) is 2.53. The lowest BCUT2D eigenvalue weighted by Gasteiger charge is -2.15. The molecule has 4 heteroatoms. The Bertz CT molecular complexity index is 184. The number of unbranched alkanes of at least 4 members (excludes halogenated alkanes) is 1. The van der Waals surface area contributed by atoms with E-state index in [4.69, 9.17) is 9.84 Å². The molecule has 0 saturated carbocycles. The van der Waals surface area contributed by atoms with Crippen LogP contribution in [0.5, 0.6) is 0 Å². The van der Waals surface area contributed by atoms with Crippen LogP contribution in [0.25, 0.3) is 0 Å². The van der Waals surface area contributed by atoms with Gasteiger partial charge >= 0.3 is 6.09 Å². The van der Waals surface area contributed by atoms with E-state index in [9.17, 15) is 4.79 Å². The quantitative estimate of drug-likeness (QED) is 0.696. The first-order valence-electron chi connectivity index (χ1n) is 5.30. The van der Waals surface area contributed by atoms with Gasteiger partial charge in [0.25, 0.3) is 0 Å². The molecule has 1 atom stereocenters. The molecule has 1 rings (SSSR count). The molecule has 0 aromatic heterocycles. The monoisotopic (exact) mass is 201 g/mol. The van der Waals surface area contributed by atoms with Crippen LogP contribution in [0.2, 0.25) is 0 Å². The molecule has 82 valence electrons. The molecule has 0 bridgehead atoms. The van der Waals surface area contributed by atoms with Crippen LogP contribution in [0.15, 0.2) is 0 Å². The van der Waals surface area contributed by atoms with E-state index in [-0.39, 0.29) is 18.6 Å². The molecule has 14 heavy (non-hydrogen) atoms. The van der Waals surface area contributed by atoms with Crippen LogP contribution in [0, 0.1) is 5.92 Å². The first kappa shape index (κ1) is 11.3. The lowest BCUT2D eigenvalue weighted by atomic mass is 10.1. The summed E-state index contributed by atoms with van der Waals surface area (Å²) < 4.78 is 5.06. The van der Waals surface area contributed by atoms with Gasteiger partial charge in [-0.05, 0) is 12.8 Å². The molecule has 1 amide bonds. The van der Waals surface area contributed by atoms with Gasteiger partial charge in [0.15, 0.2) is 0 Å². The van der Waals surface area contributed by atoms with Crippen LogP contribution in [-0.2, 0) is 4.74 Å². The van der Waals surface area contributed by atoms with E-state index in [0.29, 0.717) is 13.2 Å². The highest BCUT2D eigenvalue weighted by atomic mass is 16.6. The first-order valence-corrected chi connectivity index (χ1v) is 5.30. The Hall–Kier alpha value is -0.770. The van der Waals surface area contributed by atoms with Crippen LogP contribution in [-0.4, -0.2) is 42.4 Å². The highest BCUT2D eigenvalue weighted by Gasteiger charge is 2.26. The predicted octanol–water partition coefficient (Wildman–Crippen LogP) is 1.24. The summed E-state index contributed by atoms with van der Waals surface area (Å²) in [6.45, 7) is 4.09. The lowest BCUT2D eigenvalue weighted by molar-refractivity contribution is 0.106. The fourth-order valence-electron chi connectivity index (χ4n) is 1.54. The molecule has 1 unspecified atom stereocenters. The number of rotatable bonds is 4. The zero-order valence-corrected chi connectivity index (χ0v) is 8.74. The fourth-order valence-corrected chi connectivity index (χ4v) is 1.54. The standard InChI is InChI=1S/C10H19NO3/c1-2-3-6-14-10(13)11-5-4-9(7-11)8-12/h9,12H,2-8H2,1H3. The van der Waals surface area contributed by atoms with Gasteiger partial charge in [0.1, 0.15) is 0 Å². The number of aliphatic hydroxyl groups is 1. The van der Waals surface area contributed by atoms with Crippen LogP contribution in [0.3, 0.4) is 0 Å². The van der Waals surface area contributed by atoms with Crippen molar-refractivity contribution in [1.82, 2.24) is 4.90 Å². The van der Waals surface area contributed by atoms with Crippen molar-refractivity contribution in [2.45, 2.75) is 26.2 Å². The Morgan fingerprint density at radius 2 is 2.43 bits per heavy atom. The zero-order chi connectivity index (χ0) is 10.4. The Kier molecular flexibility index (Phi) is 4.73. The number of hydrogen-bond acceptors (Lipinski definition) is 3. The van der Waals surface area contributed by atoms with E-state index in [1.807, 2.05) is 0 Å². The van der Waals surface area contributed by atoms with Crippen LogP contribution in [0.1, 0.15) is 26.2 Å². The molecule has 0 aliphatic carbocycles. The minimum atomic E-state index is -0.227. The van der Waals surface area contributed by atoms with Crippen molar-refractivity contribution in [3.63, 3.8) is 0 Å². The van der Waals surface area contributed by atoms with Crippen LogP contribution >= 0.6 is 0 Å². The molecular formula is C10H19NO3. The summed E-state index contributed by atoms with van der Waals surface area (Å²) >= 11 is 0. The van der Waals surface area contributed by atoms with Gasteiger partial charge in [-0.2, -0.15) is 0 Å². The molecule has 1 saturated heterocycles. The molecule has 4 nitrogen and oxygen atoms in total. The van der Waals surface area contributed by atoms with E-state index < -0.39 is 0 Å². The molecule has 0 aromatic rings. The molecule has 1 heterocycles. The number of hydrogen-bond donors (Lipinski definition) is 1. The third-order valence-corrected chi connectivity index (χ3v) is 2.53. The zero-order valence-electron chi connectivity index (χ0n) is 8.74. The molecule has 1 fully saturated rings. The summed E-state index contributed by atoms with van der Waals surface area (Å²) in [6.07, 6.45) is 2.61. The van der Waals surface area contributed by atoms with Gasteiger partial charge in [0, 0.05) is 25.6 Å². The van der Waals surface area contributed by atoms with Gasteiger partial charge in [-0.25, -0.2) is 4.79 Å². The van der Waals surface area contributed by atoms with E-state index in [1.54, 1.807) is 4.90 Å². The van der Waals surface area contributed by atoms with E-state index >= 15 is 0 Å². The second-order valence-electron chi connectivity index (χ2n) is 3.75. The average molecular weight is 201 g/mol. The molecule has 1 aliphatic heterocycles. The van der Waals surface area contributed by atoms with Crippen molar-refractivity contribution in [3.8, 4) is 0 Å². The van der Waals surface area contributed by atoms with E-state index in [0.717, 1.165) is 25.8 Å². The van der Waals surface area contributed by atoms with Crippen molar-refractivity contribution >= 4 is 6.09 Å². The smallest absolute Gasteiger partial charge is 0.409 e. The summed E-state index contributed by atoms with van der Waals surface area (Å²) in [7, 11) is 0. The second kappa shape index (κ2) is 5.86. The van der Waals surface area contributed by atoms with E-state index in [1.165, 1.54) is 0 Å². The Balaban J connectivity index is 2.18. The molecule has 0 aromatic carbocycles. The van der Waals surface area contributed by atoms with Crippen molar-refractivity contribution in [2.24, 2.45) is 5.92 Å². The number of ether oxygens (including phenoxy) is 1. The predicted molar refractivity (Wildman–Crippen MR) is 53.0 cm³/mol. The molecule has 0 radical (unpaired) electrons. The maximum atomic E-state index is 11.4. The van der Waals surface area contributed by atoms with Crippen molar-refractivity contribution in [3.05, 3.63) is 0 Å².